The summed E-state index contributed by atoms with van der Waals surface area (Å²) in [5, 5.41) is 18.7. The number of rotatable bonds is 8. The first kappa shape index (κ1) is 23.6. The van der Waals surface area contributed by atoms with Crippen LogP contribution in [0.1, 0.15) is 20.3 Å². The van der Waals surface area contributed by atoms with Crippen molar-refractivity contribution in [2.75, 3.05) is 34.2 Å². The third-order valence-electron chi connectivity index (χ3n) is 6.18. The van der Waals surface area contributed by atoms with Crippen LogP contribution in [0.5, 0.6) is 0 Å². The van der Waals surface area contributed by atoms with Gasteiger partial charge in [-0.2, -0.15) is 0 Å². The minimum absolute atomic E-state index is 0.000190. The number of amides is 3. The van der Waals surface area contributed by atoms with Gasteiger partial charge in [-0.05, 0) is 20.4 Å². The van der Waals surface area contributed by atoms with Crippen LogP contribution in [0.3, 0.4) is 0 Å². The first-order valence-corrected chi connectivity index (χ1v) is 11.3. The smallest absolute Gasteiger partial charge is 0.353 e. The highest BCUT2D eigenvalue weighted by Crippen LogP contribution is 2.51. The molecular weight excluding hydrogens is 422 g/mol. The molecule has 3 aliphatic heterocycles. The molecular formula is C20H31N5O5S. The van der Waals surface area contributed by atoms with Gasteiger partial charge in [0.1, 0.15) is 5.70 Å². The Kier molecular flexibility index (Phi) is 6.97. The lowest BCUT2D eigenvalue weighted by Crippen LogP contribution is -2.66. The molecule has 4 N–H and O–H groups in total. The zero-order valence-electron chi connectivity index (χ0n) is 18.5. The number of nitrogens with zero attached hydrogens (tertiary/aromatic N) is 2. The molecule has 172 valence electrons. The SMILES string of the molecule is CNCC(=O)N[C@H](C)[C@H]1C(=O)N2C(C(=O)O)=C(S[C@@H]3CNC(C(=O)N(C)C)C3)[C@H](C)[C@H]12. The first-order valence-electron chi connectivity index (χ1n) is 10.4. The molecule has 6 atom stereocenters. The second kappa shape index (κ2) is 9.17. The number of nitrogens with one attached hydrogen (secondary N) is 3. The molecule has 2 saturated heterocycles. The topological polar surface area (TPSA) is 131 Å². The van der Waals surface area contributed by atoms with Gasteiger partial charge in [-0.25, -0.2) is 4.79 Å². The molecule has 3 rings (SSSR count). The largest absolute Gasteiger partial charge is 0.477 e. The van der Waals surface area contributed by atoms with Crippen LogP contribution in [0.4, 0.5) is 0 Å². The number of likely N-dealkylation sites (N-methyl/N-ethyl adjacent to an activating group) is 2. The summed E-state index contributed by atoms with van der Waals surface area (Å²) in [5.41, 5.74) is 0.0416. The molecule has 0 aromatic heterocycles. The monoisotopic (exact) mass is 453 g/mol. The van der Waals surface area contributed by atoms with Gasteiger partial charge in [-0.3, -0.25) is 14.4 Å². The van der Waals surface area contributed by atoms with E-state index >= 15 is 0 Å². The number of carboxylic acid groups (broad SMARTS) is 1. The summed E-state index contributed by atoms with van der Waals surface area (Å²) in [7, 11) is 5.09. The van der Waals surface area contributed by atoms with Crippen LogP contribution in [0.2, 0.25) is 0 Å². The Morgan fingerprint density at radius 3 is 2.61 bits per heavy atom. The maximum Gasteiger partial charge on any atom is 0.353 e. The van der Waals surface area contributed by atoms with Crippen molar-refractivity contribution in [3.8, 4) is 0 Å². The molecule has 3 heterocycles. The summed E-state index contributed by atoms with van der Waals surface area (Å²) >= 11 is 1.45. The normalized spacial score (nSPS) is 30.7. The van der Waals surface area contributed by atoms with Gasteiger partial charge in [0, 0.05) is 42.8 Å². The summed E-state index contributed by atoms with van der Waals surface area (Å²) in [6.07, 6.45) is 0.601. The van der Waals surface area contributed by atoms with Gasteiger partial charge in [0.05, 0.1) is 24.5 Å². The van der Waals surface area contributed by atoms with Crippen molar-refractivity contribution in [3.05, 3.63) is 10.6 Å². The van der Waals surface area contributed by atoms with E-state index < -0.39 is 17.9 Å². The number of carbonyl (C=O) groups is 4. The minimum atomic E-state index is -1.12. The van der Waals surface area contributed by atoms with Crippen LogP contribution in [0.15, 0.2) is 10.6 Å². The van der Waals surface area contributed by atoms with Gasteiger partial charge >= 0.3 is 5.97 Å². The Labute approximate surface area is 186 Å². The third-order valence-corrected chi connectivity index (χ3v) is 7.69. The predicted molar refractivity (Wildman–Crippen MR) is 116 cm³/mol. The minimum Gasteiger partial charge on any atom is -0.477 e. The Hall–Kier alpha value is -2.11. The molecule has 11 heteroatoms. The van der Waals surface area contributed by atoms with E-state index in [-0.39, 0.29) is 53.2 Å². The van der Waals surface area contributed by atoms with E-state index in [2.05, 4.69) is 16.0 Å². The second-order valence-corrected chi connectivity index (χ2v) is 9.93. The molecule has 0 aromatic rings. The summed E-state index contributed by atoms with van der Waals surface area (Å²) in [4.78, 5) is 52.7. The number of aliphatic carboxylic acids is 1. The number of carbonyl (C=O) groups excluding carboxylic acids is 3. The van der Waals surface area contributed by atoms with Crippen molar-refractivity contribution in [1.29, 1.82) is 0 Å². The molecule has 3 amide bonds. The third kappa shape index (κ3) is 4.31. The molecule has 0 aliphatic carbocycles. The van der Waals surface area contributed by atoms with Crippen molar-refractivity contribution in [2.24, 2.45) is 11.8 Å². The number of thioether (sulfide) groups is 1. The second-order valence-electron chi connectivity index (χ2n) is 8.59. The molecule has 0 aromatic carbocycles. The van der Waals surface area contributed by atoms with Crippen molar-refractivity contribution >= 4 is 35.5 Å². The summed E-state index contributed by atoms with van der Waals surface area (Å²) < 4.78 is 0. The Morgan fingerprint density at radius 2 is 2.03 bits per heavy atom. The average Bonchev–Trinajstić information content (AvgIpc) is 3.23. The van der Waals surface area contributed by atoms with Crippen molar-refractivity contribution < 1.29 is 24.3 Å². The Balaban J connectivity index is 1.74. The Morgan fingerprint density at radius 1 is 1.35 bits per heavy atom. The van der Waals surface area contributed by atoms with E-state index in [1.807, 2.05) is 6.92 Å². The van der Waals surface area contributed by atoms with Gasteiger partial charge in [0.15, 0.2) is 0 Å². The predicted octanol–water partition coefficient (Wildman–Crippen LogP) is -0.965. The van der Waals surface area contributed by atoms with E-state index in [0.717, 1.165) is 0 Å². The molecule has 1 unspecified atom stereocenters. The molecule has 31 heavy (non-hydrogen) atoms. The molecule has 0 spiro atoms. The number of β-lactam (4-membered cyclic amide) rings is 1. The first-order chi connectivity index (χ1) is 14.6. The lowest BCUT2D eigenvalue weighted by Gasteiger charge is -2.47. The van der Waals surface area contributed by atoms with Crippen molar-refractivity contribution in [1.82, 2.24) is 25.8 Å². The van der Waals surface area contributed by atoms with Crippen LogP contribution in [-0.2, 0) is 19.2 Å². The lowest BCUT2D eigenvalue weighted by molar-refractivity contribution is -0.158. The fraction of sp³-hybridized carbons (Fsp3) is 0.700. The van der Waals surface area contributed by atoms with E-state index in [1.54, 1.807) is 33.0 Å². The van der Waals surface area contributed by atoms with Crippen LogP contribution in [0, 0.1) is 11.8 Å². The zero-order chi connectivity index (χ0) is 23.0. The van der Waals surface area contributed by atoms with Gasteiger partial charge in [-0.1, -0.05) is 6.92 Å². The van der Waals surface area contributed by atoms with Gasteiger partial charge < -0.3 is 30.9 Å². The van der Waals surface area contributed by atoms with E-state index in [4.69, 9.17) is 0 Å². The van der Waals surface area contributed by atoms with Crippen LogP contribution >= 0.6 is 11.8 Å². The number of fused-ring (bicyclic) bond motifs is 1. The maximum absolute atomic E-state index is 12.9. The summed E-state index contributed by atoms with van der Waals surface area (Å²) in [5.74, 6) is -2.23. The summed E-state index contributed by atoms with van der Waals surface area (Å²) in [6, 6.07) is -0.974. The summed E-state index contributed by atoms with van der Waals surface area (Å²) in [6.45, 7) is 4.46. The molecule has 0 radical (unpaired) electrons. The van der Waals surface area contributed by atoms with Gasteiger partial charge in [0.25, 0.3) is 0 Å². The number of hydrogen-bond donors (Lipinski definition) is 4. The average molecular weight is 454 g/mol. The molecule has 10 nitrogen and oxygen atoms in total. The number of hydrogen-bond acceptors (Lipinski definition) is 7. The quantitative estimate of drug-likeness (QED) is 0.346. The van der Waals surface area contributed by atoms with E-state index in [1.165, 1.54) is 16.7 Å². The standard InChI is InChI=1S/C20H31N5O5S/c1-9-15-14(10(2)23-13(26)8-21-3)19(28)25(15)16(20(29)30)17(9)31-11-6-12(22-7-11)18(27)24(4)5/h9-12,14-15,21-22H,6-8H2,1-5H3,(H,23,26)(H,29,30)/t9-,10-,11+,12?,14-,15-/m1/s1. The van der Waals surface area contributed by atoms with Gasteiger partial charge in [0.2, 0.25) is 17.7 Å². The van der Waals surface area contributed by atoms with Crippen LogP contribution in [0.25, 0.3) is 0 Å². The zero-order valence-corrected chi connectivity index (χ0v) is 19.3. The molecule has 0 saturated carbocycles. The fourth-order valence-electron chi connectivity index (χ4n) is 4.72. The van der Waals surface area contributed by atoms with Crippen molar-refractivity contribution in [2.45, 2.75) is 43.6 Å². The molecule has 2 fully saturated rings. The van der Waals surface area contributed by atoms with Crippen LogP contribution < -0.4 is 16.0 Å². The Bertz CT molecular complexity index is 816. The number of carboxylic acids is 1. The maximum atomic E-state index is 12.9. The fourth-order valence-corrected chi connectivity index (χ4v) is 6.20. The van der Waals surface area contributed by atoms with E-state index in [9.17, 15) is 24.3 Å². The molecule has 3 aliphatic rings. The highest BCUT2D eigenvalue weighted by atomic mass is 32.2. The van der Waals surface area contributed by atoms with Crippen molar-refractivity contribution in [3.63, 3.8) is 0 Å². The van der Waals surface area contributed by atoms with Crippen LogP contribution in [-0.4, -0.2) is 96.2 Å². The molecule has 0 bridgehead atoms. The highest BCUT2D eigenvalue weighted by molar-refractivity contribution is 8.03. The van der Waals surface area contributed by atoms with E-state index in [0.29, 0.717) is 17.9 Å². The van der Waals surface area contributed by atoms with Gasteiger partial charge in [-0.15, -0.1) is 11.8 Å². The lowest BCUT2D eigenvalue weighted by atomic mass is 9.78. The highest BCUT2D eigenvalue weighted by Gasteiger charge is 2.60.